The molecule has 3 N–H and O–H groups in total. The molecule has 1 unspecified atom stereocenters. The Hall–Kier alpha value is -2.94. The molecule has 164 valence electrons. The third kappa shape index (κ3) is 3.26. The van der Waals surface area contributed by atoms with Gasteiger partial charge in [-0.3, -0.25) is 9.30 Å². The number of halogens is 1. The van der Waals surface area contributed by atoms with Crippen molar-refractivity contribution in [2.24, 2.45) is 5.73 Å². The van der Waals surface area contributed by atoms with Gasteiger partial charge in [0, 0.05) is 42.7 Å². The van der Waals surface area contributed by atoms with Gasteiger partial charge in [0.2, 0.25) is 0 Å². The molecule has 1 saturated heterocycles. The van der Waals surface area contributed by atoms with E-state index < -0.39 is 5.41 Å². The molecular formula is C24H25FN6O. The van der Waals surface area contributed by atoms with E-state index in [1.807, 2.05) is 22.6 Å². The van der Waals surface area contributed by atoms with Crippen molar-refractivity contribution < 1.29 is 9.50 Å². The number of rotatable bonds is 5. The normalized spacial score (nSPS) is 20.4. The van der Waals surface area contributed by atoms with Crippen molar-refractivity contribution in [2.45, 2.75) is 37.3 Å². The second-order valence-corrected chi connectivity index (χ2v) is 9.23. The largest absolute Gasteiger partial charge is 0.395 e. The maximum absolute atomic E-state index is 14.7. The van der Waals surface area contributed by atoms with Crippen LogP contribution in [-0.4, -0.2) is 55.3 Å². The van der Waals surface area contributed by atoms with Crippen molar-refractivity contribution in [1.29, 1.82) is 0 Å². The third-order valence-electron chi connectivity index (χ3n) is 6.91. The fourth-order valence-corrected chi connectivity index (χ4v) is 4.81. The van der Waals surface area contributed by atoms with Crippen LogP contribution < -0.4 is 5.73 Å². The molecule has 2 aliphatic rings. The molecule has 0 amide bonds. The lowest BCUT2D eigenvalue weighted by atomic mass is 9.95. The first kappa shape index (κ1) is 19.7. The first-order valence-electron chi connectivity index (χ1n) is 11.1. The van der Waals surface area contributed by atoms with Crippen molar-refractivity contribution >= 4 is 16.6 Å². The lowest BCUT2D eigenvalue weighted by Gasteiger charge is -2.15. The van der Waals surface area contributed by atoms with E-state index in [2.05, 4.69) is 27.4 Å². The molecule has 0 spiro atoms. The molecule has 6 rings (SSSR count). The van der Waals surface area contributed by atoms with E-state index in [4.69, 9.17) is 10.7 Å². The number of hydrogen-bond acceptors (Lipinski definition) is 6. The Morgan fingerprint density at radius 1 is 1.16 bits per heavy atom. The first-order chi connectivity index (χ1) is 15.5. The molecule has 4 aromatic rings. The number of likely N-dealkylation sites (tertiary alicyclic amines) is 1. The van der Waals surface area contributed by atoms with Crippen LogP contribution in [0.25, 0.3) is 28.1 Å². The Balaban J connectivity index is 1.39. The molecule has 32 heavy (non-hydrogen) atoms. The molecule has 3 aromatic heterocycles. The van der Waals surface area contributed by atoms with Crippen LogP contribution in [0, 0.1) is 5.82 Å². The maximum Gasteiger partial charge on any atom is 0.187 e. The van der Waals surface area contributed by atoms with E-state index in [0.29, 0.717) is 22.6 Å². The third-order valence-corrected chi connectivity index (χ3v) is 6.91. The average Bonchev–Trinajstić information content (AvgIpc) is 3.31. The van der Waals surface area contributed by atoms with E-state index in [9.17, 15) is 9.50 Å². The average molecular weight is 433 g/mol. The molecule has 0 bridgehead atoms. The number of hydrogen-bond donors (Lipinski definition) is 2. The second kappa shape index (κ2) is 7.30. The minimum atomic E-state index is -0.454. The van der Waals surface area contributed by atoms with Crippen molar-refractivity contribution in [2.75, 3.05) is 19.7 Å². The highest BCUT2D eigenvalue weighted by Crippen LogP contribution is 2.49. The van der Waals surface area contributed by atoms with Gasteiger partial charge in [0.25, 0.3) is 0 Å². The van der Waals surface area contributed by atoms with E-state index >= 15 is 0 Å². The topological polar surface area (TPSA) is 92.6 Å². The van der Waals surface area contributed by atoms with Crippen LogP contribution in [0.3, 0.4) is 0 Å². The van der Waals surface area contributed by atoms with E-state index in [1.54, 1.807) is 6.07 Å². The Morgan fingerprint density at radius 3 is 2.78 bits per heavy atom. The lowest BCUT2D eigenvalue weighted by Crippen LogP contribution is -2.26. The highest BCUT2D eigenvalue weighted by molar-refractivity contribution is 5.82. The van der Waals surface area contributed by atoms with Crippen LogP contribution in [-0.2, 0) is 12.0 Å². The molecule has 1 saturated carbocycles. The monoisotopic (exact) mass is 432 g/mol. The van der Waals surface area contributed by atoms with Gasteiger partial charge in [0.1, 0.15) is 11.5 Å². The molecule has 1 aliphatic heterocycles. The fraction of sp³-hybridized carbons (Fsp3) is 0.375. The number of pyridine rings is 2. The van der Waals surface area contributed by atoms with Gasteiger partial charge in [0.15, 0.2) is 11.5 Å². The van der Waals surface area contributed by atoms with Crippen LogP contribution in [0.5, 0.6) is 0 Å². The highest BCUT2D eigenvalue weighted by atomic mass is 19.1. The summed E-state index contributed by atoms with van der Waals surface area (Å²) in [5, 5.41) is 19.2. The van der Waals surface area contributed by atoms with Gasteiger partial charge in [-0.05, 0) is 54.7 Å². The summed E-state index contributed by atoms with van der Waals surface area (Å²) in [6.45, 7) is 2.70. The van der Waals surface area contributed by atoms with Crippen LogP contribution in [0.1, 0.15) is 30.4 Å². The number of fused-ring (bicyclic) bond motifs is 2. The summed E-state index contributed by atoms with van der Waals surface area (Å²) in [5.41, 5.74) is 9.43. The maximum atomic E-state index is 14.7. The fourth-order valence-electron chi connectivity index (χ4n) is 4.81. The molecule has 8 heteroatoms. The smallest absolute Gasteiger partial charge is 0.187 e. The van der Waals surface area contributed by atoms with Gasteiger partial charge < -0.3 is 10.8 Å². The number of aromatic nitrogens is 4. The number of nitrogens with two attached hydrogens (primary N) is 1. The molecule has 1 aliphatic carbocycles. The zero-order valence-corrected chi connectivity index (χ0v) is 17.7. The van der Waals surface area contributed by atoms with E-state index in [-0.39, 0.29) is 18.5 Å². The Kier molecular flexibility index (Phi) is 4.50. The number of nitrogens with zero attached hydrogens (tertiary/aromatic N) is 5. The van der Waals surface area contributed by atoms with Gasteiger partial charge >= 0.3 is 0 Å². The van der Waals surface area contributed by atoms with Crippen molar-refractivity contribution in [3.8, 4) is 11.5 Å². The van der Waals surface area contributed by atoms with Crippen LogP contribution in [0.2, 0.25) is 0 Å². The Morgan fingerprint density at radius 2 is 2.03 bits per heavy atom. The predicted octanol–water partition coefficient (Wildman–Crippen LogP) is 2.64. The number of aliphatic hydroxyl groups is 1. The zero-order valence-electron chi connectivity index (χ0n) is 17.7. The standard InChI is InChI=1S/C24H25FN6O/c25-19-9-16-2-3-20(27-21(16)10-18(19)24(14-32)6-7-24)23-29-28-22-4-1-15(12-31(22)23)11-30-8-5-17(26)13-30/h1-4,9-10,12,17,32H,5-8,11,13-14,26H2. The van der Waals surface area contributed by atoms with Gasteiger partial charge in [-0.2, -0.15) is 0 Å². The van der Waals surface area contributed by atoms with Crippen LogP contribution in [0.4, 0.5) is 4.39 Å². The van der Waals surface area contributed by atoms with Crippen LogP contribution >= 0.6 is 0 Å². The molecule has 7 nitrogen and oxygen atoms in total. The Labute approximate surface area is 184 Å². The molecule has 1 atom stereocenters. The summed E-state index contributed by atoms with van der Waals surface area (Å²) in [6.07, 6.45) is 4.68. The van der Waals surface area contributed by atoms with Gasteiger partial charge in [-0.1, -0.05) is 12.1 Å². The molecule has 0 radical (unpaired) electrons. The number of benzene rings is 1. The minimum absolute atomic E-state index is 0.0470. The number of aliphatic hydroxyl groups excluding tert-OH is 1. The van der Waals surface area contributed by atoms with Crippen LogP contribution in [0.15, 0.2) is 42.6 Å². The summed E-state index contributed by atoms with van der Waals surface area (Å²) >= 11 is 0. The quantitative estimate of drug-likeness (QED) is 0.504. The molecule has 4 heterocycles. The SMILES string of the molecule is NC1CCN(Cc2ccc3nnc(-c4ccc5cc(F)c(C6(CO)CC6)cc5n4)n3c2)C1. The first-order valence-corrected chi connectivity index (χ1v) is 11.1. The summed E-state index contributed by atoms with van der Waals surface area (Å²) in [7, 11) is 0. The summed E-state index contributed by atoms with van der Waals surface area (Å²) in [4.78, 5) is 7.15. The highest BCUT2D eigenvalue weighted by Gasteiger charge is 2.45. The van der Waals surface area contributed by atoms with Crippen molar-refractivity contribution in [1.82, 2.24) is 24.5 Å². The summed E-state index contributed by atoms with van der Waals surface area (Å²) in [5.74, 6) is 0.369. The van der Waals surface area contributed by atoms with Gasteiger partial charge in [0.05, 0.1) is 12.1 Å². The van der Waals surface area contributed by atoms with Gasteiger partial charge in [-0.15, -0.1) is 10.2 Å². The Bertz CT molecular complexity index is 1330. The van der Waals surface area contributed by atoms with E-state index in [1.165, 1.54) is 6.07 Å². The second-order valence-electron chi connectivity index (χ2n) is 9.23. The van der Waals surface area contributed by atoms with E-state index in [0.717, 1.165) is 55.5 Å². The minimum Gasteiger partial charge on any atom is -0.395 e. The predicted molar refractivity (Wildman–Crippen MR) is 120 cm³/mol. The van der Waals surface area contributed by atoms with Gasteiger partial charge in [-0.25, -0.2) is 9.37 Å². The lowest BCUT2D eigenvalue weighted by molar-refractivity contribution is 0.252. The zero-order chi connectivity index (χ0) is 21.9. The molecule has 1 aromatic carbocycles. The summed E-state index contributed by atoms with van der Waals surface area (Å²) in [6, 6.07) is 11.3. The summed E-state index contributed by atoms with van der Waals surface area (Å²) < 4.78 is 16.6. The van der Waals surface area contributed by atoms with Crippen molar-refractivity contribution in [3.05, 3.63) is 59.5 Å². The van der Waals surface area contributed by atoms with Crippen molar-refractivity contribution in [3.63, 3.8) is 0 Å². The molecular weight excluding hydrogens is 407 g/mol. The molecule has 2 fully saturated rings.